The van der Waals surface area contributed by atoms with E-state index in [1.807, 2.05) is 0 Å². The number of sulfonamides is 1. The summed E-state index contributed by atoms with van der Waals surface area (Å²) in [4.78, 5) is 28.1. The van der Waals surface area contributed by atoms with Crippen LogP contribution in [0.4, 0.5) is 9.18 Å². The van der Waals surface area contributed by atoms with Gasteiger partial charge in [-0.15, -0.1) is 0 Å². The zero-order valence-electron chi connectivity index (χ0n) is 17.3. The lowest BCUT2D eigenvalue weighted by atomic mass is 9.89. The second kappa shape index (κ2) is 9.18. The van der Waals surface area contributed by atoms with Gasteiger partial charge in [-0.2, -0.15) is 4.31 Å². The normalized spacial score (nSPS) is 18.2. The number of carbonyl (C=O) groups excluding carboxylic acids is 2. The maximum atomic E-state index is 13.6. The van der Waals surface area contributed by atoms with Gasteiger partial charge < -0.3 is 20.2 Å². The third-order valence-corrected chi connectivity index (χ3v) is 7.24. The molecule has 0 radical (unpaired) electrons. The summed E-state index contributed by atoms with van der Waals surface area (Å²) < 4.78 is 45.9. The SMILES string of the molecule is CC(=O)NCCNC(=O)OC1=NOC2(CCN(S(=O)(=O)c3cc(F)ccc3C)CC2)C1. The first-order valence-corrected chi connectivity index (χ1v) is 11.3. The van der Waals surface area contributed by atoms with Crippen molar-refractivity contribution < 1.29 is 32.0 Å². The summed E-state index contributed by atoms with van der Waals surface area (Å²) in [7, 11) is -3.84. The Balaban J connectivity index is 1.51. The Morgan fingerprint density at radius 3 is 2.61 bits per heavy atom. The van der Waals surface area contributed by atoms with Gasteiger partial charge >= 0.3 is 6.09 Å². The lowest BCUT2D eigenvalue weighted by molar-refractivity contribution is -0.118. The summed E-state index contributed by atoms with van der Waals surface area (Å²) in [6.45, 7) is 3.80. The predicted octanol–water partition coefficient (Wildman–Crippen LogP) is 1.25. The average molecular weight is 456 g/mol. The standard InChI is InChI=1S/C19H25FN4O6S/c1-13-3-4-15(20)11-16(13)31(27,28)24-9-5-19(6-10-24)12-17(23-30-19)29-18(26)22-8-7-21-14(2)25/h3-4,11H,5-10,12H2,1-2H3,(H,21,25)(H,22,26). The lowest BCUT2D eigenvalue weighted by Crippen LogP contribution is -2.47. The molecule has 0 aromatic heterocycles. The van der Waals surface area contributed by atoms with Gasteiger partial charge in [-0.3, -0.25) is 4.79 Å². The van der Waals surface area contributed by atoms with Crippen molar-refractivity contribution in [3.05, 3.63) is 29.6 Å². The maximum absolute atomic E-state index is 13.6. The predicted molar refractivity (Wildman–Crippen MR) is 108 cm³/mol. The van der Waals surface area contributed by atoms with Gasteiger partial charge in [0.2, 0.25) is 21.8 Å². The molecular weight excluding hydrogens is 431 g/mol. The number of rotatable bonds is 5. The van der Waals surface area contributed by atoms with Crippen LogP contribution in [0.15, 0.2) is 28.3 Å². The van der Waals surface area contributed by atoms with E-state index in [1.54, 1.807) is 6.92 Å². The molecule has 0 atom stereocenters. The quantitative estimate of drug-likeness (QED) is 0.643. The zero-order chi connectivity index (χ0) is 22.6. The fraction of sp³-hybridized carbons (Fsp3) is 0.526. The number of amides is 2. The number of halogens is 1. The number of nitrogens with zero attached hydrogens (tertiary/aromatic N) is 2. The Morgan fingerprint density at radius 1 is 1.26 bits per heavy atom. The van der Waals surface area contributed by atoms with Crippen LogP contribution in [0.25, 0.3) is 0 Å². The lowest BCUT2D eigenvalue weighted by Gasteiger charge is -2.36. The molecule has 12 heteroatoms. The second-order valence-corrected chi connectivity index (χ2v) is 9.46. The van der Waals surface area contributed by atoms with Gasteiger partial charge in [-0.25, -0.2) is 17.6 Å². The molecule has 2 heterocycles. The number of hydrogen-bond donors (Lipinski definition) is 2. The average Bonchev–Trinajstić information content (AvgIpc) is 3.09. The smallest absolute Gasteiger partial charge is 0.392 e. The molecule has 0 saturated carbocycles. The number of alkyl carbamates (subject to hydrolysis) is 1. The number of oxime groups is 1. The van der Waals surface area contributed by atoms with E-state index in [4.69, 9.17) is 9.57 Å². The summed E-state index contributed by atoms with van der Waals surface area (Å²) in [5.41, 5.74) is -0.267. The van der Waals surface area contributed by atoms with Gasteiger partial charge in [-0.05, 0) is 24.6 Å². The van der Waals surface area contributed by atoms with E-state index in [2.05, 4.69) is 15.8 Å². The number of benzene rings is 1. The van der Waals surface area contributed by atoms with E-state index < -0.39 is 27.5 Å². The molecule has 3 rings (SSSR count). The molecule has 170 valence electrons. The number of ether oxygens (including phenoxy) is 1. The molecule has 10 nitrogen and oxygen atoms in total. The minimum Gasteiger partial charge on any atom is -0.392 e. The summed E-state index contributed by atoms with van der Waals surface area (Å²) >= 11 is 0. The molecule has 1 spiro atoms. The van der Waals surface area contributed by atoms with E-state index in [-0.39, 0.29) is 49.3 Å². The van der Waals surface area contributed by atoms with Crippen molar-refractivity contribution in [1.82, 2.24) is 14.9 Å². The van der Waals surface area contributed by atoms with Crippen molar-refractivity contribution in [3.8, 4) is 0 Å². The van der Waals surface area contributed by atoms with Crippen molar-refractivity contribution in [2.75, 3.05) is 26.2 Å². The number of carbonyl (C=O) groups is 2. The molecule has 1 aromatic rings. The topological polar surface area (TPSA) is 126 Å². The van der Waals surface area contributed by atoms with Crippen LogP contribution in [-0.4, -0.2) is 62.4 Å². The second-order valence-electron chi connectivity index (χ2n) is 7.55. The van der Waals surface area contributed by atoms with E-state index >= 15 is 0 Å². The van der Waals surface area contributed by atoms with Crippen molar-refractivity contribution in [3.63, 3.8) is 0 Å². The molecule has 1 saturated heterocycles. The fourth-order valence-electron chi connectivity index (χ4n) is 3.48. The Bertz CT molecular complexity index is 989. The van der Waals surface area contributed by atoms with Crippen LogP contribution in [0.1, 0.15) is 31.7 Å². The van der Waals surface area contributed by atoms with Crippen LogP contribution >= 0.6 is 0 Å². The van der Waals surface area contributed by atoms with Crippen molar-refractivity contribution >= 4 is 27.9 Å². The molecule has 2 aliphatic rings. The van der Waals surface area contributed by atoms with Crippen molar-refractivity contribution in [1.29, 1.82) is 0 Å². The fourth-order valence-corrected chi connectivity index (χ4v) is 5.16. The molecule has 2 amide bonds. The third-order valence-electron chi connectivity index (χ3n) is 5.19. The van der Waals surface area contributed by atoms with Gasteiger partial charge in [0.05, 0.1) is 11.3 Å². The van der Waals surface area contributed by atoms with E-state index in [0.29, 0.717) is 18.4 Å². The van der Waals surface area contributed by atoms with Crippen LogP contribution < -0.4 is 10.6 Å². The van der Waals surface area contributed by atoms with Gasteiger partial charge in [0.15, 0.2) is 0 Å². The first-order chi connectivity index (χ1) is 14.6. The molecule has 2 aliphatic heterocycles. The molecule has 1 fully saturated rings. The summed E-state index contributed by atoms with van der Waals surface area (Å²) in [6, 6.07) is 3.69. The maximum Gasteiger partial charge on any atom is 0.413 e. The van der Waals surface area contributed by atoms with E-state index in [9.17, 15) is 22.4 Å². The number of aryl methyl sites for hydroxylation is 1. The molecule has 1 aromatic carbocycles. The Kier molecular flexibility index (Phi) is 6.80. The Morgan fingerprint density at radius 2 is 1.94 bits per heavy atom. The first kappa shape index (κ1) is 22.9. The van der Waals surface area contributed by atoms with Crippen LogP contribution in [0, 0.1) is 12.7 Å². The van der Waals surface area contributed by atoms with Crippen LogP contribution in [0.5, 0.6) is 0 Å². The van der Waals surface area contributed by atoms with Crippen LogP contribution in [0.2, 0.25) is 0 Å². The van der Waals surface area contributed by atoms with Crippen LogP contribution in [-0.2, 0) is 24.4 Å². The van der Waals surface area contributed by atoms with Gasteiger partial charge in [-0.1, -0.05) is 11.2 Å². The van der Waals surface area contributed by atoms with Crippen molar-refractivity contribution in [2.24, 2.45) is 5.16 Å². The third kappa shape index (κ3) is 5.50. The van der Waals surface area contributed by atoms with E-state index in [1.165, 1.54) is 23.4 Å². The molecule has 2 N–H and O–H groups in total. The minimum absolute atomic E-state index is 0.0491. The number of nitrogens with one attached hydrogen (secondary N) is 2. The van der Waals surface area contributed by atoms with E-state index in [0.717, 1.165) is 6.07 Å². The van der Waals surface area contributed by atoms with Gasteiger partial charge in [0, 0.05) is 45.9 Å². The molecule has 31 heavy (non-hydrogen) atoms. The van der Waals surface area contributed by atoms with Crippen molar-refractivity contribution in [2.45, 2.75) is 43.6 Å². The van der Waals surface area contributed by atoms with Gasteiger partial charge in [0.1, 0.15) is 11.4 Å². The highest BCUT2D eigenvalue weighted by Crippen LogP contribution is 2.36. The summed E-state index contributed by atoms with van der Waals surface area (Å²) in [5.74, 6) is -0.705. The highest BCUT2D eigenvalue weighted by Gasteiger charge is 2.45. The number of piperidine rings is 1. The molecule has 0 aliphatic carbocycles. The zero-order valence-corrected chi connectivity index (χ0v) is 18.1. The van der Waals surface area contributed by atoms with Crippen LogP contribution in [0.3, 0.4) is 0 Å². The summed E-state index contributed by atoms with van der Waals surface area (Å²) in [6.07, 6.45) is 0.215. The minimum atomic E-state index is -3.84. The monoisotopic (exact) mass is 456 g/mol. The highest BCUT2D eigenvalue weighted by molar-refractivity contribution is 7.89. The molecule has 0 unspecified atom stereocenters. The number of hydrogen-bond acceptors (Lipinski definition) is 7. The first-order valence-electron chi connectivity index (χ1n) is 9.83. The van der Waals surface area contributed by atoms with Gasteiger partial charge in [0.25, 0.3) is 0 Å². The highest BCUT2D eigenvalue weighted by atomic mass is 32.2. The molecule has 0 bridgehead atoms. The molecular formula is C19H25FN4O6S. The Hall–Kier alpha value is -2.73. The Labute approximate surface area is 179 Å². The summed E-state index contributed by atoms with van der Waals surface area (Å²) in [5, 5.41) is 8.84. The largest absolute Gasteiger partial charge is 0.413 e.